The van der Waals surface area contributed by atoms with Gasteiger partial charge in [0.15, 0.2) is 0 Å². The molecule has 0 radical (unpaired) electrons. The lowest BCUT2D eigenvalue weighted by Gasteiger charge is -2.35. The van der Waals surface area contributed by atoms with Crippen molar-refractivity contribution in [1.82, 2.24) is 15.5 Å². The number of nitrogens with zero attached hydrogens (tertiary/aromatic N) is 1. The minimum atomic E-state index is -1.23. The zero-order valence-corrected chi connectivity index (χ0v) is 27.0. The fourth-order valence-corrected chi connectivity index (χ4v) is 4.75. The van der Waals surface area contributed by atoms with Crippen molar-refractivity contribution in [2.24, 2.45) is 0 Å². The van der Waals surface area contributed by atoms with Crippen LogP contribution in [-0.4, -0.2) is 65.2 Å². The van der Waals surface area contributed by atoms with Crippen LogP contribution in [0.3, 0.4) is 0 Å². The van der Waals surface area contributed by atoms with Gasteiger partial charge in [-0.3, -0.25) is 14.4 Å². The molecule has 0 aliphatic rings. The molecular weight excluding hydrogens is 562 g/mol. The normalized spacial score (nSPS) is 12.5. The first-order chi connectivity index (χ1) is 20.9. The second kappa shape index (κ2) is 17.9. The summed E-state index contributed by atoms with van der Waals surface area (Å²) in [5, 5.41) is 16.6. The number of para-hydroxylation sites is 1. The van der Waals surface area contributed by atoms with Gasteiger partial charge in [0.25, 0.3) is 0 Å². The van der Waals surface area contributed by atoms with Crippen LogP contribution >= 0.6 is 0 Å². The van der Waals surface area contributed by atoms with Crippen molar-refractivity contribution in [1.29, 1.82) is 0 Å². The van der Waals surface area contributed by atoms with Crippen LogP contribution in [0.1, 0.15) is 89.5 Å². The summed E-state index contributed by atoms with van der Waals surface area (Å²) in [7, 11) is 0. The van der Waals surface area contributed by atoms with E-state index in [0.29, 0.717) is 12.0 Å². The zero-order chi connectivity index (χ0) is 32.7. The molecule has 0 bridgehead atoms. The number of esters is 1. The minimum Gasteiger partial charge on any atom is -0.507 e. The van der Waals surface area contributed by atoms with Gasteiger partial charge in [0.2, 0.25) is 11.8 Å². The van der Waals surface area contributed by atoms with E-state index in [4.69, 9.17) is 9.47 Å². The van der Waals surface area contributed by atoms with Crippen molar-refractivity contribution in [3.8, 4) is 5.75 Å². The number of alkyl carbamates (subject to hydrolysis) is 1. The zero-order valence-electron chi connectivity index (χ0n) is 27.0. The number of aryl methyl sites for hydroxylation is 1. The highest BCUT2D eigenvalue weighted by Gasteiger charge is 2.37. The molecule has 0 saturated heterocycles. The van der Waals surface area contributed by atoms with Crippen LogP contribution < -0.4 is 10.6 Å². The Balaban J connectivity index is 2.56. The van der Waals surface area contributed by atoms with Gasteiger partial charge in [-0.15, -0.1) is 0 Å². The molecule has 2 aromatic rings. The van der Waals surface area contributed by atoms with Crippen molar-refractivity contribution >= 4 is 23.9 Å². The molecule has 10 heteroatoms. The van der Waals surface area contributed by atoms with E-state index in [2.05, 4.69) is 17.6 Å². The van der Waals surface area contributed by atoms with E-state index in [0.717, 1.165) is 24.8 Å². The molecule has 0 aromatic heterocycles. The van der Waals surface area contributed by atoms with Crippen molar-refractivity contribution in [3.05, 3.63) is 65.2 Å². The second-order valence-corrected chi connectivity index (χ2v) is 11.7. The highest BCUT2D eigenvalue weighted by atomic mass is 16.6. The smallest absolute Gasteiger partial charge is 0.408 e. The standard InChI is InChI=1S/C34H49N3O7/c1-7-9-10-14-22-37(32(41)27(23-25-17-12-11-13-18-25)36-33(42)44-34(4,5)6)29(26-19-15-16-24(3)30(26)39)31(40)35-21-20-28(38)43-8-2/h11-13,15-19,27,29,39H,7-10,14,20-23H2,1-6H3,(H,35,40)(H,36,42). The number of aromatic hydroxyl groups is 1. The lowest BCUT2D eigenvalue weighted by Crippen LogP contribution is -2.54. The average molecular weight is 612 g/mol. The maximum Gasteiger partial charge on any atom is 0.408 e. The molecule has 0 aliphatic carbocycles. The molecule has 10 nitrogen and oxygen atoms in total. The van der Waals surface area contributed by atoms with Crippen LogP contribution in [0.25, 0.3) is 0 Å². The summed E-state index contributed by atoms with van der Waals surface area (Å²) in [4.78, 5) is 54.7. The third kappa shape index (κ3) is 11.9. The van der Waals surface area contributed by atoms with E-state index in [-0.39, 0.29) is 43.9 Å². The number of hydrogen-bond acceptors (Lipinski definition) is 7. The Morgan fingerprint density at radius 1 is 0.955 bits per heavy atom. The predicted octanol–water partition coefficient (Wildman–Crippen LogP) is 5.36. The number of rotatable bonds is 16. The predicted molar refractivity (Wildman–Crippen MR) is 169 cm³/mol. The van der Waals surface area contributed by atoms with E-state index in [1.54, 1.807) is 52.8 Å². The summed E-state index contributed by atoms with van der Waals surface area (Å²) in [6.07, 6.45) is 2.68. The molecule has 0 aliphatic heterocycles. The molecule has 242 valence electrons. The first-order valence-corrected chi connectivity index (χ1v) is 15.4. The van der Waals surface area contributed by atoms with Crippen molar-refractivity contribution in [2.75, 3.05) is 19.7 Å². The van der Waals surface area contributed by atoms with Gasteiger partial charge in [-0.2, -0.15) is 0 Å². The van der Waals surface area contributed by atoms with E-state index >= 15 is 0 Å². The van der Waals surface area contributed by atoms with Crippen LogP contribution in [0.2, 0.25) is 0 Å². The Labute approximate surface area is 261 Å². The Morgan fingerprint density at radius 3 is 2.30 bits per heavy atom. The summed E-state index contributed by atoms with van der Waals surface area (Å²) in [5.41, 5.74) is 0.803. The first-order valence-electron chi connectivity index (χ1n) is 15.4. The largest absolute Gasteiger partial charge is 0.507 e. The number of carbonyl (C=O) groups is 4. The number of benzene rings is 2. The van der Waals surface area contributed by atoms with E-state index in [1.807, 2.05) is 30.3 Å². The number of carbonyl (C=O) groups excluding carboxylic acids is 4. The molecular formula is C34H49N3O7. The third-order valence-electron chi connectivity index (χ3n) is 6.86. The Kier molecular flexibility index (Phi) is 14.7. The summed E-state index contributed by atoms with van der Waals surface area (Å²) < 4.78 is 10.5. The molecule has 3 N–H and O–H groups in total. The highest BCUT2D eigenvalue weighted by Crippen LogP contribution is 2.33. The summed E-state index contributed by atoms with van der Waals surface area (Å²) in [6, 6.07) is 12.0. The van der Waals surface area contributed by atoms with Gasteiger partial charge in [-0.25, -0.2) is 4.79 Å². The Hall–Kier alpha value is -4.08. The molecule has 44 heavy (non-hydrogen) atoms. The number of hydrogen-bond donors (Lipinski definition) is 3. The van der Waals surface area contributed by atoms with Crippen molar-refractivity contribution in [3.63, 3.8) is 0 Å². The average Bonchev–Trinajstić information content (AvgIpc) is 2.95. The maximum atomic E-state index is 14.5. The topological polar surface area (TPSA) is 134 Å². The van der Waals surface area contributed by atoms with Crippen LogP contribution in [-0.2, 0) is 30.3 Å². The van der Waals surface area contributed by atoms with Crippen LogP contribution in [0.5, 0.6) is 5.75 Å². The Bertz CT molecular complexity index is 1230. The van der Waals surface area contributed by atoms with Crippen LogP contribution in [0, 0.1) is 6.92 Å². The van der Waals surface area contributed by atoms with Gasteiger partial charge in [-0.1, -0.05) is 74.7 Å². The fourth-order valence-electron chi connectivity index (χ4n) is 4.75. The number of ether oxygens (including phenoxy) is 2. The molecule has 2 rings (SSSR count). The first kappa shape index (κ1) is 36.1. The molecule has 2 atom stereocenters. The summed E-state index contributed by atoms with van der Waals surface area (Å²) in [6.45, 7) is 11.1. The molecule has 0 fully saturated rings. The number of phenols is 1. The lowest BCUT2D eigenvalue weighted by atomic mass is 9.97. The molecule has 2 unspecified atom stereocenters. The summed E-state index contributed by atoms with van der Waals surface area (Å²) in [5.74, 6) is -1.62. The second-order valence-electron chi connectivity index (χ2n) is 11.7. The third-order valence-corrected chi connectivity index (χ3v) is 6.86. The minimum absolute atomic E-state index is 0.0117. The lowest BCUT2D eigenvalue weighted by molar-refractivity contribution is -0.144. The van der Waals surface area contributed by atoms with E-state index < -0.39 is 41.6 Å². The van der Waals surface area contributed by atoms with Gasteiger partial charge < -0.3 is 30.1 Å². The summed E-state index contributed by atoms with van der Waals surface area (Å²) >= 11 is 0. The molecule has 2 aromatic carbocycles. The molecule has 0 spiro atoms. The number of phenolic OH excluding ortho intramolecular Hbond substituents is 1. The maximum absolute atomic E-state index is 14.5. The van der Waals surface area contributed by atoms with Crippen LogP contribution in [0.15, 0.2) is 48.5 Å². The fraction of sp³-hybridized carbons (Fsp3) is 0.529. The number of unbranched alkanes of at least 4 members (excludes halogenated alkanes) is 3. The number of nitrogens with one attached hydrogen (secondary N) is 2. The van der Waals surface area contributed by atoms with Gasteiger partial charge >= 0.3 is 12.1 Å². The van der Waals surface area contributed by atoms with Crippen LogP contribution in [0.4, 0.5) is 4.79 Å². The highest BCUT2D eigenvalue weighted by molar-refractivity contribution is 5.93. The Morgan fingerprint density at radius 2 is 1.66 bits per heavy atom. The molecule has 3 amide bonds. The van der Waals surface area contributed by atoms with Crippen molar-refractivity contribution in [2.45, 2.75) is 97.8 Å². The molecule has 0 saturated carbocycles. The molecule has 0 heterocycles. The van der Waals surface area contributed by atoms with E-state index in [9.17, 15) is 24.3 Å². The SMILES string of the molecule is CCCCCCN(C(=O)C(Cc1ccccc1)NC(=O)OC(C)(C)C)C(C(=O)NCCC(=O)OCC)c1cccc(C)c1O. The van der Waals surface area contributed by atoms with E-state index in [1.165, 1.54) is 4.90 Å². The quantitative estimate of drug-likeness (QED) is 0.172. The van der Waals surface area contributed by atoms with Gasteiger partial charge in [0.1, 0.15) is 23.4 Å². The number of amides is 3. The monoisotopic (exact) mass is 611 g/mol. The van der Waals surface area contributed by atoms with Gasteiger partial charge in [0.05, 0.1) is 13.0 Å². The van der Waals surface area contributed by atoms with Gasteiger partial charge in [0, 0.05) is 25.1 Å². The van der Waals surface area contributed by atoms with Gasteiger partial charge in [-0.05, 0) is 52.2 Å². The van der Waals surface area contributed by atoms with Crippen molar-refractivity contribution < 1.29 is 33.8 Å².